The Balaban J connectivity index is 2.14. The average Bonchev–Trinajstić information content (AvgIpc) is 2.88. The molecule has 0 spiro atoms. The van der Waals surface area contributed by atoms with Gasteiger partial charge in [0, 0.05) is 10.9 Å². The third-order valence-corrected chi connectivity index (χ3v) is 5.99. The molecule has 0 saturated carbocycles. The summed E-state index contributed by atoms with van der Waals surface area (Å²) in [5.74, 6) is -0.656. The van der Waals surface area contributed by atoms with Crippen molar-refractivity contribution in [2.75, 3.05) is 4.31 Å². The van der Waals surface area contributed by atoms with E-state index in [1.165, 1.54) is 12.1 Å². The minimum atomic E-state index is -3.85. The normalized spacial score (nSPS) is 17.3. The molecule has 0 fully saturated rings. The lowest BCUT2D eigenvalue weighted by atomic mass is 10.1. The van der Waals surface area contributed by atoms with Crippen molar-refractivity contribution in [1.29, 1.82) is 0 Å². The molecule has 1 aliphatic heterocycles. The van der Waals surface area contributed by atoms with Gasteiger partial charge in [-0.1, -0.05) is 34.1 Å². The highest BCUT2D eigenvalue weighted by Crippen LogP contribution is 2.36. The van der Waals surface area contributed by atoms with E-state index in [1.807, 2.05) is 12.1 Å². The average molecular weight is 381 g/mol. The number of hydrogen-bond donors (Lipinski definition) is 1. The number of halogens is 1. The minimum Gasteiger partial charge on any atom is -0.368 e. The molecule has 5 nitrogen and oxygen atoms in total. The Morgan fingerprint density at radius 3 is 2.41 bits per heavy atom. The van der Waals surface area contributed by atoms with Gasteiger partial charge in [-0.2, -0.15) is 0 Å². The van der Waals surface area contributed by atoms with Gasteiger partial charge in [0.15, 0.2) is 0 Å². The van der Waals surface area contributed by atoms with Crippen LogP contribution in [0.1, 0.15) is 5.56 Å². The first-order chi connectivity index (χ1) is 10.4. The number of nitrogens with two attached hydrogens (primary N) is 1. The Morgan fingerprint density at radius 1 is 1.14 bits per heavy atom. The summed E-state index contributed by atoms with van der Waals surface area (Å²) >= 11 is 3.27. The zero-order valence-corrected chi connectivity index (χ0v) is 13.8. The van der Waals surface area contributed by atoms with Gasteiger partial charge in [0.05, 0.1) is 10.6 Å². The SMILES string of the molecule is NC(=O)[C@@H]1Cc2ccccc2N1S(=O)(=O)c1ccc(Br)cc1. The molecule has 1 heterocycles. The molecule has 0 saturated heterocycles. The van der Waals surface area contributed by atoms with Gasteiger partial charge in [0.2, 0.25) is 5.91 Å². The Kier molecular flexibility index (Phi) is 3.70. The number of benzene rings is 2. The molecule has 0 aromatic heterocycles. The van der Waals surface area contributed by atoms with E-state index in [0.29, 0.717) is 12.1 Å². The highest BCUT2D eigenvalue weighted by molar-refractivity contribution is 9.10. The van der Waals surface area contributed by atoms with Crippen molar-refractivity contribution < 1.29 is 13.2 Å². The van der Waals surface area contributed by atoms with Gasteiger partial charge in [0.25, 0.3) is 10.0 Å². The summed E-state index contributed by atoms with van der Waals surface area (Å²) in [4.78, 5) is 11.8. The molecular weight excluding hydrogens is 368 g/mol. The van der Waals surface area contributed by atoms with Crippen molar-refractivity contribution in [1.82, 2.24) is 0 Å². The lowest BCUT2D eigenvalue weighted by Crippen LogP contribution is -2.45. The molecule has 0 bridgehead atoms. The number of carbonyl (C=O) groups is 1. The molecule has 2 aromatic carbocycles. The van der Waals surface area contributed by atoms with E-state index in [4.69, 9.17) is 5.73 Å². The highest BCUT2D eigenvalue weighted by Gasteiger charge is 2.41. The van der Waals surface area contributed by atoms with Crippen molar-refractivity contribution in [3.8, 4) is 0 Å². The summed E-state index contributed by atoms with van der Waals surface area (Å²) in [5.41, 5.74) is 6.72. The van der Waals surface area contributed by atoms with E-state index in [0.717, 1.165) is 14.3 Å². The van der Waals surface area contributed by atoms with Gasteiger partial charge in [0.1, 0.15) is 6.04 Å². The van der Waals surface area contributed by atoms with Gasteiger partial charge >= 0.3 is 0 Å². The molecule has 1 atom stereocenters. The van der Waals surface area contributed by atoms with E-state index in [2.05, 4.69) is 15.9 Å². The number of fused-ring (bicyclic) bond motifs is 1. The first-order valence-electron chi connectivity index (χ1n) is 6.58. The second-order valence-electron chi connectivity index (χ2n) is 5.01. The Labute approximate surface area is 136 Å². The monoisotopic (exact) mass is 380 g/mol. The molecule has 0 radical (unpaired) electrons. The number of hydrogen-bond acceptors (Lipinski definition) is 3. The smallest absolute Gasteiger partial charge is 0.265 e. The van der Waals surface area contributed by atoms with Crippen molar-refractivity contribution in [3.05, 3.63) is 58.6 Å². The van der Waals surface area contributed by atoms with E-state index >= 15 is 0 Å². The van der Waals surface area contributed by atoms with Gasteiger partial charge < -0.3 is 5.73 Å². The van der Waals surface area contributed by atoms with Crippen molar-refractivity contribution in [3.63, 3.8) is 0 Å². The van der Waals surface area contributed by atoms with Gasteiger partial charge in [-0.15, -0.1) is 0 Å². The lowest BCUT2D eigenvalue weighted by molar-refractivity contribution is -0.118. The summed E-state index contributed by atoms with van der Waals surface area (Å²) in [6.07, 6.45) is 0.293. The number of para-hydroxylation sites is 1. The van der Waals surface area contributed by atoms with Crippen LogP contribution in [-0.2, 0) is 21.2 Å². The largest absolute Gasteiger partial charge is 0.368 e. The zero-order valence-electron chi connectivity index (χ0n) is 11.4. The number of carbonyl (C=O) groups excluding carboxylic acids is 1. The fourth-order valence-electron chi connectivity index (χ4n) is 2.59. The van der Waals surface area contributed by atoms with E-state index in [-0.39, 0.29) is 4.90 Å². The molecule has 7 heteroatoms. The Bertz CT molecular complexity index is 834. The minimum absolute atomic E-state index is 0.124. The summed E-state index contributed by atoms with van der Waals surface area (Å²) in [6.45, 7) is 0. The molecule has 0 unspecified atom stereocenters. The number of rotatable bonds is 3. The number of primary amides is 1. The number of anilines is 1. The highest BCUT2D eigenvalue weighted by atomic mass is 79.9. The van der Waals surface area contributed by atoms with E-state index in [9.17, 15) is 13.2 Å². The van der Waals surface area contributed by atoms with Crippen LogP contribution in [0.2, 0.25) is 0 Å². The molecule has 114 valence electrons. The van der Waals surface area contributed by atoms with Crippen LogP contribution in [0.4, 0.5) is 5.69 Å². The van der Waals surface area contributed by atoms with Gasteiger partial charge in [-0.25, -0.2) is 8.42 Å². The maximum Gasteiger partial charge on any atom is 0.265 e. The number of amides is 1. The third-order valence-electron chi connectivity index (χ3n) is 3.62. The van der Waals surface area contributed by atoms with E-state index < -0.39 is 22.0 Å². The van der Waals surface area contributed by atoms with Crippen molar-refractivity contribution in [2.45, 2.75) is 17.4 Å². The Hall–Kier alpha value is -1.86. The fraction of sp³-hybridized carbons (Fsp3) is 0.133. The maximum absolute atomic E-state index is 12.9. The topological polar surface area (TPSA) is 80.5 Å². The zero-order chi connectivity index (χ0) is 15.9. The molecule has 22 heavy (non-hydrogen) atoms. The Morgan fingerprint density at radius 2 is 1.77 bits per heavy atom. The number of nitrogens with zero attached hydrogens (tertiary/aromatic N) is 1. The first-order valence-corrected chi connectivity index (χ1v) is 8.82. The molecular formula is C15H13BrN2O3S. The summed E-state index contributed by atoms with van der Waals surface area (Å²) in [7, 11) is -3.85. The first kappa shape index (κ1) is 15.1. The standard InChI is InChI=1S/C15H13BrN2O3S/c16-11-5-7-12(8-6-11)22(20,21)18-13-4-2-1-3-10(13)9-14(18)15(17)19/h1-8,14H,9H2,(H2,17,19)/t14-/m0/s1. The van der Waals surface area contributed by atoms with E-state index in [1.54, 1.807) is 24.3 Å². The summed E-state index contributed by atoms with van der Waals surface area (Å²) in [6, 6.07) is 12.4. The van der Waals surface area contributed by atoms with Crippen LogP contribution in [0.5, 0.6) is 0 Å². The molecule has 2 aromatic rings. The second kappa shape index (κ2) is 5.40. The lowest BCUT2D eigenvalue weighted by Gasteiger charge is -2.25. The molecule has 3 rings (SSSR count). The number of sulfonamides is 1. The third kappa shape index (κ3) is 2.40. The molecule has 2 N–H and O–H groups in total. The molecule has 0 aliphatic carbocycles. The van der Waals surface area contributed by atoms with Crippen LogP contribution in [0.3, 0.4) is 0 Å². The van der Waals surface area contributed by atoms with Crippen LogP contribution in [0.25, 0.3) is 0 Å². The van der Waals surface area contributed by atoms with Crippen LogP contribution in [-0.4, -0.2) is 20.4 Å². The fourth-order valence-corrected chi connectivity index (χ4v) is 4.51. The predicted molar refractivity (Wildman–Crippen MR) is 86.9 cm³/mol. The van der Waals surface area contributed by atoms with Crippen molar-refractivity contribution >= 4 is 37.5 Å². The van der Waals surface area contributed by atoms with Gasteiger partial charge in [-0.05, 0) is 35.9 Å². The van der Waals surface area contributed by atoms with Crippen LogP contribution in [0.15, 0.2) is 57.9 Å². The molecule has 1 aliphatic rings. The molecule has 1 amide bonds. The second-order valence-corrected chi connectivity index (χ2v) is 7.74. The summed E-state index contributed by atoms with van der Waals surface area (Å²) < 4.78 is 27.8. The van der Waals surface area contributed by atoms with Crippen LogP contribution < -0.4 is 10.0 Å². The quantitative estimate of drug-likeness (QED) is 0.884. The van der Waals surface area contributed by atoms with Crippen LogP contribution >= 0.6 is 15.9 Å². The van der Waals surface area contributed by atoms with Crippen molar-refractivity contribution in [2.24, 2.45) is 5.73 Å². The maximum atomic E-state index is 12.9. The predicted octanol–water partition coefficient (Wildman–Crippen LogP) is 2.05. The van der Waals surface area contributed by atoms with Crippen LogP contribution in [0, 0.1) is 0 Å². The summed E-state index contributed by atoms with van der Waals surface area (Å²) in [5, 5.41) is 0. The van der Waals surface area contributed by atoms with Gasteiger partial charge in [-0.3, -0.25) is 9.10 Å².